The second-order valence-electron chi connectivity index (χ2n) is 8.39. The van der Waals surface area contributed by atoms with Crippen molar-refractivity contribution in [1.82, 2.24) is 15.1 Å². The van der Waals surface area contributed by atoms with Gasteiger partial charge in [-0.1, -0.05) is 35.9 Å². The molecule has 1 amide bonds. The van der Waals surface area contributed by atoms with Gasteiger partial charge in [-0.05, 0) is 61.6 Å². The van der Waals surface area contributed by atoms with E-state index in [1.54, 1.807) is 36.0 Å². The van der Waals surface area contributed by atoms with E-state index in [4.69, 9.17) is 17.3 Å². The second kappa shape index (κ2) is 9.27. The highest BCUT2D eigenvalue weighted by molar-refractivity contribution is 6.30. The van der Waals surface area contributed by atoms with Crippen LogP contribution in [-0.2, 0) is 5.41 Å². The van der Waals surface area contributed by atoms with Crippen LogP contribution >= 0.6 is 11.6 Å². The number of carbonyl (C=O) groups is 1. The number of halogens is 1. The molecule has 0 bridgehead atoms. The molecule has 1 aliphatic carbocycles. The molecule has 166 valence electrons. The van der Waals surface area contributed by atoms with Gasteiger partial charge < -0.3 is 11.1 Å². The molecule has 0 spiro atoms. The minimum atomic E-state index is -0.161. The number of amides is 1. The molecule has 0 unspecified atom stereocenters. The van der Waals surface area contributed by atoms with Crippen LogP contribution in [0.5, 0.6) is 0 Å². The van der Waals surface area contributed by atoms with Crippen LogP contribution < -0.4 is 16.6 Å². The molecule has 1 aliphatic rings. The molecule has 1 aromatic heterocycles. The fourth-order valence-electron chi connectivity index (χ4n) is 4.63. The summed E-state index contributed by atoms with van der Waals surface area (Å²) in [7, 11) is 1.60. The van der Waals surface area contributed by atoms with Gasteiger partial charge in [0, 0.05) is 41.2 Å². The quantitative estimate of drug-likeness (QED) is 0.616. The fraction of sp³-hybridized carbons (Fsp3) is 0.320. The Hall–Kier alpha value is -2.96. The van der Waals surface area contributed by atoms with Gasteiger partial charge in [0.2, 0.25) is 0 Å². The van der Waals surface area contributed by atoms with E-state index >= 15 is 0 Å². The molecule has 0 atom stereocenters. The van der Waals surface area contributed by atoms with Crippen LogP contribution in [0.4, 0.5) is 0 Å². The number of nitrogens with zero attached hydrogens (tertiary/aromatic N) is 2. The van der Waals surface area contributed by atoms with Gasteiger partial charge in [0.25, 0.3) is 11.5 Å². The Balaban J connectivity index is 1.59. The largest absolute Gasteiger partial charge is 0.355 e. The molecule has 3 N–H and O–H groups in total. The molecule has 0 radical (unpaired) electrons. The lowest BCUT2D eigenvalue weighted by Crippen LogP contribution is -2.41. The van der Waals surface area contributed by atoms with Crippen molar-refractivity contribution >= 4 is 17.5 Å². The first-order chi connectivity index (χ1) is 15.5. The monoisotopic (exact) mass is 450 g/mol. The topological polar surface area (TPSA) is 90.0 Å². The third-order valence-corrected chi connectivity index (χ3v) is 6.79. The number of rotatable bonds is 5. The predicted octanol–water partition coefficient (Wildman–Crippen LogP) is 3.94. The predicted molar refractivity (Wildman–Crippen MR) is 127 cm³/mol. The maximum Gasteiger partial charge on any atom is 0.267 e. The van der Waals surface area contributed by atoms with Crippen molar-refractivity contribution in [2.45, 2.75) is 37.1 Å². The summed E-state index contributed by atoms with van der Waals surface area (Å²) >= 11 is 6.22. The van der Waals surface area contributed by atoms with Crippen LogP contribution in [0.25, 0.3) is 11.3 Å². The smallest absolute Gasteiger partial charge is 0.267 e. The zero-order chi connectivity index (χ0) is 22.7. The molecular formula is C25H27ClN4O2. The highest BCUT2D eigenvalue weighted by atomic mass is 35.5. The summed E-state index contributed by atoms with van der Waals surface area (Å²) in [5.41, 5.74) is 9.14. The molecule has 3 aromatic rings. The first-order valence-corrected chi connectivity index (χ1v) is 11.2. The third kappa shape index (κ3) is 4.33. The lowest BCUT2D eigenvalue weighted by Gasteiger charge is -2.40. The van der Waals surface area contributed by atoms with Crippen LogP contribution in [0.3, 0.4) is 0 Å². The Morgan fingerprint density at radius 1 is 1.16 bits per heavy atom. The summed E-state index contributed by atoms with van der Waals surface area (Å²) < 4.78 is 1.60. The highest BCUT2D eigenvalue weighted by Crippen LogP contribution is 2.42. The van der Waals surface area contributed by atoms with Crippen LogP contribution in [-0.4, -0.2) is 29.3 Å². The van der Waals surface area contributed by atoms with E-state index in [0.717, 1.165) is 36.8 Å². The van der Waals surface area contributed by atoms with Gasteiger partial charge in [-0.25, -0.2) is 4.68 Å². The number of carbonyl (C=O) groups excluding carboxylic acids is 1. The Morgan fingerprint density at radius 3 is 2.59 bits per heavy atom. The fourth-order valence-corrected chi connectivity index (χ4v) is 4.82. The standard InChI is InChI=1S/C25H27ClN4O2/c1-28-24(32)18-5-2-4-17(14-18)22-8-9-23(31)30(29-22)21-10-12-25(16-27,13-11-21)19-6-3-7-20(26)15-19/h2-9,14-15,21H,10-13,16,27H2,1H3,(H,28,32). The average molecular weight is 451 g/mol. The molecule has 6 nitrogen and oxygen atoms in total. The van der Waals surface area contributed by atoms with Crippen molar-refractivity contribution in [2.75, 3.05) is 13.6 Å². The SMILES string of the molecule is CNC(=O)c1cccc(-c2ccc(=O)n(C3CCC(CN)(c4cccc(Cl)c4)CC3)n2)c1. The lowest BCUT2D eigenvalue weighted by atomic mass is 9.68. The molecule has 2 aromatic carbocycles. The number of nitrogens with two attached hydrogens (primary N) is 1. The van der Waals surface area contributed by atoms with E-state index in [1.807, 2.05) is 30.3 Å². The first kappa shape index (κ1) is 22.2. The Labute approximate surface area is 192 Å². The summed E-state index contributed by atoms with van der Waals surface area (Å²) in [4.78, 5) is 24.7. The Morgan fingerprint density at radius 2 is 1.91 bits per heavy atom. The molecule has 7 heteroatoms. The van der Waals surface area contributed by atoms with E-state index in [0.29, 0.717) is 22.8 Å². The van der Waals surface area contributed by atoms with Crippen molar-refractivity contribution in [3.05, 3.63) is 87.2 Å². The molecule has 1 heterocycles. The average Bonchev–Trinajstić information content (AvgIpc) is 2.84. The zero-order valence-electron chi connectivity index (χ0n) is 18.1. The van der Waals surface area contributed by atoms with Gasteiger partial charge in [-0.15, -0.1) is 0 Å². The number of benzene rings is 2. The maximum absolute atomic E-state index is 12.7. The van der Waals surface area contributed by atoms with Gasteiger partial charge in [-0.2, -0.15) is 5.10 Å². The van der Waals surface area contributed by atoms with Crippen LogP contribution in [0, 0.1) is 0 Å². The normalized spacial score (nSPS) is 20.7. The summed E-state index contributed by atoms with van der Waals surface area (Å²) in [6, 6.07) is 18.4. The number of aromatic nitrogens is 2. The zero-order valence-corrected chi connectivity index (χ0v) is 18.8. The summed E-state index contributed by atoms with van der Waals surface area (Å²) in [5, 5.41) is 8.01. The molecule has 0 saturated heterocycles. The summed E-state index contributed by atoms with van der Waals surface area (Å²) in [6.45, 7) is 0.536. The van der Waals surface area contributed by atoms with E-state index in [9.17, 15) is 9.59 Å². The van der Waals surface area contributed by atoms with Crippen molar-refractivity contribution in [3.63, 3.8) is 0 Å². The third-order valence-electron chi connectivity index (χ3n) is 6.56. The minimum absolute atomic E-state index is 0.00318. The Kier molecular flexibility index (Phi) is 6.44. The van der Waals surface area contributed by atoms with Crippen LogP contribution in [0.1, 0.15) is 47.6 Å². The van der Waals surface area contributed by atoms with Gasteiger partial charge in [0.05, 0.1) is 11.7 Å². The van der Waals surface area contributed by atoms with Crippen molar-refractivity contribution in [3.8, 4) is 11.3 Å². The van der Waals surface area contributed by atoms with E-state index < -0.39 is 0 Å². The van der Waals surface area contributed by atoms with E-state index in [-0.39, 0.29) is 22.9 Å². The number of hydrogen-bond donors (Lipinski definition) is 2. The number of nitrogens with one attached hydrogen (secondary N) is 1. The summed E-state index contributed by atoms with van der Waals surface area (Å²) in [6.07, 6.45) is 3.33. The molecule has 1 fully saturated rings. The van der Waals surface area contributed by atoms with Crippen LogP contribution in [0.2, 0.25) is 5.02 Å². The Bertz CT molecular complexity index is 1180. The number of hydrogen-bond acceptors (Lipinski definition) is 4. The van der Waals surface area contributed by atoms with Crippen molar-refractivity contribution in [2.24, 2.45) is 5.73 Å². The molecule has 0 aliphatic heterocycles. The molecule has 1 saturated carbocycles. The van der Waals surface area contributed by atoms with Gasteiger partial charge in [0.1, 0.15) is 0 Å². The molecule has 32 heavy (non-hydrogen) atoms. The van der Waals surface area contributed by atoms with Gasteiger partial charge in [0.15, 0.2) is 0 Å². The summed E-state index contributed by atoms with van der Waals surface area (Å²) in [5.74, 6) is -0.161. The van der Waals surface area contributed by atoms with E-state index in [1.165, 1.54) is 0 Å². The molecular weight excluding hydrogens is 424 g/mol. The maximum atomic E-state index is 12.7. The van der Waals surface area contributed by atoms with E-state index in [2.05, 4.69) is 16.5 Å². The van der Waals surface area contributed by atoms with Crippen LogP contribution in [0.15, 0.2) is 65.5 Å². The minimum Gasteiger partial charge on any atom is -0.355 e. The lowest BCUT2D eigenvalue weighted by molar-refractivity contribution is 0.0963. The molecule has 4 rings (SSSR count). The van der Waals surface area contributed by atoms with Crippen molar-refractivity contribution < 1.29 is 4.79 Å². The van der Waals surface area contributed by atoms with Crippen molar-refractivity contribution in [1.29, 1.82) is 0 Å². The van der Waals surface area contributed by atoms with Gasteiger partial charge >= 0.3 is 0 Å². The van der Waals surface area contributed by atoms with Gasteiger partial charge in [-0.3, -0.25) is 9.59 Å². The first-order valence-electron chi connectivity index (χ1n) is 10.8. The second-order valence-corrected chi connectivity index (χ2v) is 8.82. The highest BCUT2D eigenvalue weighted by Gasteiger charge is 2.37.